The molecule has 0 saturated carbocycles. The number of nitrogens with two attached hydrogens (primary N) is 2. The summed E-state index contributed by atoms with van der Waals surface area (Å²) in [5, 5.41) is 2.50. The van der Waals surface area contributed by atoms with E-state index >= 15 is 0 Å². The number of benzene rings is 1. The summed E-state index contributed by atoms with van der Waals surface area (Å²) in [7, 11) is 0. The highest BCUT2D eigenvalue weighted by Gasteiger charge is 1.98. The van der Waals surface area contributed by atoms with E-state index in [2.05, 4.69) is 17.2 Å². The number of nitrogens with one attached hydrogen (secondary N) is 1. The first-order valence-corrected chi connectivity index (χ1v) is 4.49. The van der Waals surface area contributed by atoms with E-state index in [0.717, 1.165) is 11.1 Å². The Labute approximate surface area is 88.6 Å². The number of urea groups is 1. The van der Waals surface area contributed by atoms with Crippen LogP contribution in [0.5, 0.6) is 0 Å². The number of hydrogen-bond acceptors (Lipinski definition) is 2. The average Bonchev–Trinajstić information content (AvgIpc) is 2.12. The van der Waals surface area contributed by atoms with Gasteiger partial charge >= 0.3 is 6.03 Å². The van der Waals surface area contributed by atoms with Crippen molar-refractivity contribution in [3.8, 4) is 11.8 Å². The zero-order valence-corrected chi connectivity index (χ0v) is 8.50. The smallest absolute Gasteiger partial charge is 0.316 e. The van der Waals surface area contributed by atoms with Gasteiger partial charge in [0.25, 0.3) is 0 Å². The summed E-state index contributed by atoms with van der Waals surface area (Å²) in [6.45, 7) is 2.23. The molecule has 0 spiro atoms. The monoisotopic (exact) mass is 203 g/mol. The molecule has 0 aliphatic heterocycles. The summed E-state index contributed by atoms with van der Waals surface area (Å²) < 4.78 is 0. The van der Waals surface area contributed by atoms with Crippen LogP contribution in [0, 0.1) is 18.8 Å². The Morgan fingerprint density at radius 2 is 2.20 bits per heavy atom. The summed E-state index contributed by atoms with van der Waals surface area (Å²) in [4.78, 5) is 10.7. The van der Waals surface area contributed by atoms with Crippen molar-refractivity contribution in [2.75, 3.05) is 11.9 Å². The van der Waals surface area contributed by atoms with E-state index in [4.69, 9.17) is 11.5 Å². The van der Waals surface area contributed by atoms with Gasteiger partial charge in [0.05, 0.1) is 6.54 Å². The summed E-state index contributed by atoms with van der Waals surface area (Å²) in [5.41, 5.74) is 12.7. The van der Waals surface area contributed by atoms with Gasteiger partial charge in [0.2, 0.25) is 0 Å². The van der Waals surface area contributed by atoms with E-state index in [1.165, 1.54) is 0 Å². The Morgan fingerprint density at radius 3 is 2.80 bits per heavy atom. The fourth-order valence-corrected chi connectivity index (χ4v) is 1.22. The van der Waals surface area contributed by atoms with Gasteiger partial charge in [-0.15, -0.1) is 0 Å². The Bertz CT molecular complexity index is 429. The molecule has 2 amide bonds. The molecule has 5 N–H and O–H groups in total. The quantitative estimate of drug-likeness (QED) is 0.590. The fourth-order valence-electron chi connectivity index (χ4n) is 1.22. The van der Waals surface area contributed by atoms with Gasteiger partial charge in [-0.2, -0.15) is 0 Å². The molecule has 4 heteroatoms. The number of rotatable bonds is 1. The van der Waals surface area contributed by atoms with Crippen LogP contribution in [-0.4, -0.2) is 12.6 Å². The van der Waals surface area contributed by atoms with Gasteiger partial charge < -0.3 is 16.8 Å². The van der Waals surface area contributed by atoms with Crippen molar-refractivity contribution in [2.24, 2.45) is 11.5 Å². The van der Waals surface area contributed by atoms with Crippen molar-refractivity contribution in [1.29, 1.82) is 0 Å². The molecule has 15 heavy (non-hydrogen) atoms. The van der Waals surface area contributed by atoms with Crippen LogP contribution in [0.2, 0.25) is 0 Å². The molecule has 0 saturated heterocycles. The summed E-state index contributed by atoms with van der Waals surface area (Å²) in [6.07, 6.45) is 0. The number of aryl methyl sites for hydroxylation is 1. The first kappa shape index (κ1) is 11.1. The van der Waals surface area contributed by atoms with Gasteiger partial charge in [0, 0.05) is 11.3 Å². The highest BCUT2D eigenvalue weighted by molar-refractivity contribution is 5.88. The van der Waals surface area contributed by atoms with E-state index in [9.17, 15) is 4.79 Å². The van der Waals surface area contributed by atoms with Crippen LogP contribution in [0.15, 0.2) is 18.2 Å². The molecule has 0 aromatic heterocycles. The second-order valence-corrected chi connectivity index (χ2v) is 3.08. The van der Waals surface area contributed by atoms with Crippen molar-refractivity contribution >= 4 is 11.7 Å². The van der Waals surface area contributed by atoms with E-state index in [-0.39, 0.29) is 0 Å². The van der Waals surface area contributed by atoms with Gasteiger partial charge in [-0.05, 0) is 30.7 Å². The molecule has 0 radical (unpaired) electrons. The third kappa shape index (κ3) is 3.71. The minimum Gasteiger partial charge on any atom is -0.351 e. The highest BCUT2D eigenvalue weighted by Crippen LogP contribution is 2.13. The predicted molar refractivity (Wildman–Crippen MR) is 60.3 cm³/mol. The lowest BCUT2D eigenvalue weighted by molar-refractivity contribution is 0.259. The van der Waals surface area contributed by atoms with Gasteiger partial charge in [-0.3, -0.25) is 0 Å². The number of primary amides is 1. The SMILES string of the molecule is Cc1cc(C#CCN)cc(NC(N)=O)c1. The molecule has 0 aliphatic rings. The van der Waals surface area contributed by atoms with Crippen molar-refractivity contribution < 1.29 is 4.79 Å². The van der Waals surface area contributed by atoms with Crippen LogP contribution in [0.4, 0.5) is 10.5 Å². The topological polar surface area (TPSA) is 81.1 Å². The molecule has 0 bridgehead atoms. The minimum atomic E-state index is -0.585. The number of amides is 2. The molecule has 1 aromatic carbocycles. The maximum absolute atomic E-state index is 10.7. The van der Waals surface area contributed by atoms with Crippen molar-refractivity contribution in [1.82, 2.24) is 0 Å². The number of carbonyl (C=O) groups excluding carboxylic acids is 1. The van der Waals surface area contributed by atoms with Gasteiger partial charge in [0.15, 0.2) is 0 Å². The summed E-state index contributed by atoms with van der Waals surface area (Å²) in [5.74, 6) is 5.64. The Morgan fingerprint density at radius 1 is 1.47 bits per heavy atom. The second kappa shape index (κ2) is 5.03. The molecule has 1 rings (SSSR count). The summed E-state index contributed by atoms with van der Waals surface area (Å²) in [6, 6.07) is 4.89. The molecule has 1 aromatic rings. The van der Waals surface area contributed by atoms with Crippen molar-refractivity contribution in [3.63, 3.8) is 0 Å². The Hall–Kier alpha value is -1.99. The molecule has 0 heterocycles. The van der Waals surface area contributed by atoms with Crippen LogP contribution in [0.25, 0.3) is 0 Å². The van der Waals surface area contributed by atoms with E-state index < -0.39 is 6.03 Å². The van der Waals surface area contributed by atoms with Crippen LogP contribution in [-0.2, 0) is 0 Å². The number of carbonyl (C=O) groups is 1. The third-order valence-electron chi connectivity index (χ3n) is 1.68. The van der Waals surface area contributed by atoms with E-state index in [0.29, 0.717) is 12.2 Å². The first-order valence-electron chi connectivity index (χ1n) is 4.49. The molecular weight excluding hydrogens is 190 g/mol. The molecule has 0 atom stereocenters. The molecule has 0 aliphatic carbocycles. The van der Waals surface area contributed by atoms with E-state index in [1.54, 1.807) is 6.07 Å². The Kier molecular flexibility index (Phi) is 3.72. The van der Waals surface area contributed by atoms with Crippen LogP contribution < -0.4 is 16.8 Å². The average molecular weight is 203 g/mol. The normalized spacial score (nSPS) is 8.93. The van der Waals surface area contributed by atoms with Crippen molar-refractivity contribution in [2.45, 2.75) is 6.92 Å². The maximum atomic E-state index is 10.7. The van der Waals surface area contributed by atoms with Gasteiger partial charge in [-0.25, -0.2) is 4.79 Å². The third-order valence-corrected chi connectivity index (χ3v) is 1.68. The number of hydrogen-bond donors (Lipinski definition) is 3. The Balaban J connectivity index is 2.99. The van der Waals surface area contributed by atoms with Gasteiger partial charge in [-0.1, -0.05) is 11.8 Å². The number of anilines is 1. The van der Waals surface area contributed by atoms with Crippen LogP contribution >= 0.6 is 0 Å². The lowest BCUT2D eigenvalue weighted by Crippen LogP contribution is -2.19. The molecule has 78 valence electrons. The molecular formula is C11H13N3O. The lowest BCUT2D eigenvalue weighted by Gasteiger charge is -2.03. The van der Waals surface area contributed by atoms with E-state index in [1.807, 2.05) is 19.1 Å². The molecule has 4 nitrogen and oxygen atoms in total. The first-order chi connectivity index (χ1) is 7.11. The van der Waals surface area contributed by atoms with Crippen LogP contribution in [0.3, 0.4) is 0 Å². The zero-order valence-electron chi connectivity index (χ0n) is 8.50. The summed E-state index contributed by atoms with van der Waals surface area (Å²) >= 11 is 0. The molecule has 0 unspecified atom stereocenters. The minimum absolute atomic E-state index is 0.312. The fraction of sp³-hybridized carbons (Fsp3) is 0.182. The zero-order chi connectivity index (χ0) is 11.3. The van der Waals surface area contributed by atoms with Crippen LogP contribution in [0.1, 0.15) is 11.1 Å². The predicted octanol–water partition coefficient (Wildman–Crippen LogP) is 0.796. The lowest BCUT2D eigenvalue weighted by atomic mass is 10.1. The second-order valence-electron chi connectivity index (χ2n) is 3.08. The van der Waals surface area contributed by atoms with Crippen molar-refractivity contribution in [3.05, 3.63) is 29.3 Å². The standard InChI is InChI=1S/C11H13N3O/c1-8-5-9(3-2-4-12)7-10(6-8)14-11(13)15/h5-7H,4,12H2,1H3,(H3,13,14,15). The largest absolute Gasteiger partial charge is 0.351 e. The highest BCUT2D eigenvalue weighted by atomic mass is 16.2. The van der Waals surface area contributed by atoms with Gasteiger partial charge in [0.1, 0.15) is 0 Å². The maximum Gasteiger partial charge on any atom is 0.316 e. The molecule has 0 fully saturated rings.